The Morgan fingerprint density at radius 1 is 1.03 bits per heavy atom. The maximum absolute atomic E-state index is 13.0. The number of para-hydroxylation sites is 1. The Kier molecular flexibility index (Phi) is 6.03. The van der Waals surface area contributed by atoms with E-state index < -0.39 is 6.09 Å². The molecule has 8 heteroatoms. The van der Waals surface area contributed by atoms with E-state index in [1.807, 2.05) is 35.2 Å². The fourth-order valence-electron chi connectivity index (χ4n) is 4.36. The highest BCUT2D eigenvalue weighted by Gasteiger charge is 2.27. The molecular weight excluding hydrogens is 384 g/mol. The quantitative estimate of drug-likeness (QED) is 0.578. The molecule has 0 atom stereocenters. The van der Waals surface area contributed by atoms with Crippen molar-refractivity contribution in [3.05, 3.63) is 35.9 Å². The molecule has 2 heterocycles. The molecule has 1 aliphatic carbocycles. The summed E-state index contributed by atoms with van der Waals surface area (Å²) in [7, 11) is 0. The number of aromatic nitrogens is 1. The molecule has 1 saturated carbocycles. The van der Waals surface area contributed by atoms with Crippen LogP contribution in [0.4, 0.5) is 10.6 Å². The first-order chi connectivity index (χ1) is 14.5. The molecule has 1 aromatic heterocycles. The number of β-amino-alcohol motifs (C(OH)–C–C–N with tert-alkyl or cyclic N) is 1. The van der Waals surface area contributed by atoms with Crippen molar-refractivity contribution in [1.82, 2.24) is 15.6 Å². The second-order valence-electron chi connectivity index (χ2n) is 8.39. The minimum Gasteiger partial charge on any atom is -0.465 e. The summed E-state index contributed by atoms with van der Waals surface area (Å²) in [6, 6.07) is 9.44. The van der Waals surface area contributed by atoms with Crippen molar-refractivity contribution in [2.45, 2.75) is 31.8 Å². The molecule has 2 aliphatic rings. The monoisotopic (exact) mass is 412 g/mol. The Hall–Kier alpha value is -2.87. The van der Waals surface area contributed by atoms with Crippen LogP contribution in [0.25, 0.3) is 10.9 Å². The van der Waals surface area contributed by atoms with E-state index in [4.69, 9.17) is 5.11 Å². The van der Waals surface area contributed by atoms with Crippen LogP contribution >= 0.6 is 0 Å². The minimum atomic E-state index is -0.971. The number of nitrogens with zero attached hydrogens (tertiary/aromatic N) is 2. The first-order valence-electron chi connectivity index (χ1n) is 10.6. The van der Waals surface area contributed by atoms with Crippen LogP contribution in [-0.4, -0.2) is 59.5 Å². The predicted molar refractivity (Wildman–Crippen MR) is 114 cm³/mol. The largest absolute Gasteiger partial charge is 0.465 e. The SMILES string of the molecule is O=C(O)NCC1CCC(CNC(=O)c2cc(N3CC(O)C3)nc3ccccc23)CC1. The highest BCUT2D eigenvalue weighted by molar-refractivity contribution is 6.07. The molecule has 0 radical (unpaired) electrons. The molecular formula is C22H28N4O4. The van der Waals surface area contributed by atoms with Gasteiger partial charge in [0.2, 0.25) is 0 Å². The van der Waals surface area contributed by atoms with Gasteiger partial charge in [-0.2, -0.15) is 0 Å². The van der Waals surface area contributed by atoms with E-state index in [2.05, 4.69) is 15.6 Å². The van der Waals surface area contributed by atoms with Crippen LogP contribution < -0.4 is 15.5 Å². The lowest BCUT2D eigenvalue weighted by molar-refractivity contribution is 0.0942. The molecule has 4 N–H and O–H groups in total. The summed E-state index contributed by atoms with van der Waals surface area (Å²) in [5.74, 6) is 1.40. The number of amides is 2. The number of carbonyl (C=O) groups is 2. The number of hydrogen-bond acceptors (Lipinski definition) is 5. The van der Waals surface area contributed by atoms with Gasteiger partial charge in [0, 0.05) is 31.6 Å². The van der Waals surface area contributed by atoms with Crippen LogP contribution in [0.1, 0.15) is 36.0 Å². The Morgan fingerprint density at radius 2 is 1.67 bits per heavy atom. The Balaban J connectivity index is 1.38. The van der Waals surface area contributed by atoms with Crippen molar-refractivity contribution in [1.29, 1.82) is 0 Å². The van der Waals surface area contributed by atoms with Crippen molar-refractivity contribution >= 4 is 28.7 Å². The molecule has 0 bridgehead atoms. The Labute approximate surface area is 175 Å². The zero-order chi connectivity index (χ0) is 21.1. The molecule has 2 aromatic rings. The number of benzene rings is 1. The summed E-state index contributed by atoms with van der Waals surface area (Å²) in [4.78, 5) is 30.3. The lowest BCUT2D eigenvalue weighted by atomic mass is 9.82. The van der Waals surface area contributed by atoms with Gasteiger partial charge in [0.15, 0.2) is 0 Å². The third-order valence-corrected chi connectivity index (χ3v) is 6.19. The molecule has 0 spiro atoms. The highest BCUT2D eigenvalue weighted by atomic mass is 16.4. The van der Waals surface area contributed by atoms with Crippen LogP contribution in [-0.2, 0) is 0 Å². The maximum atomic E-state index is 13.0. The van der Waals surface area contributed by atoms with Crippen molar-refractivity contribution in [2.75, 3.05) is 31.1 Å². The summed E-state index contributed by atoms with van der Waals surface area (Å²) in [6.45, 7) is 2.19. The summed E-state index contributed by atoms with van der Waals surface area (Å²) in [5.41, 5.74) is 1.38. The predicted octanol–water partition coefficient (Wildman–Crippen LogP) is 2.22. The van der Waals surface area contributed by atoms with E-state index in [0.29, 0.717) is 43.6 Å². The molecule has 8 nitrogen and oxygen atoms in total. The van der Waals surface area contributed by atoms with Gasteiger partial charge in [0.1, 0.15) is 5.82 Å². The molecule has 2 amide bonds. The normalized spacial score (nSPS) is 21.8. The maximum Gasteiger partial charge on any atom is 0.404 e. The van der Waals surface area contributed by atoms with Crippen molar-refractivity contribution in [3.8, 4) is 0 Å². The third-order valence-electron chi connectivity index (χ3n) is 6.19. The molecule has 160 valence electrons. The smallest absolute Gasteiger partial charge is 0.404 e. The number of pyridine rings is 1. The van der Waals surface area contributed by atoms with Gasteiger partial charge in [0.05, 0.1) is 17.2 Å². The minimum absolute atomic E-state index is 0.106. The number of carbonyl (C=O) groups excluding carboxylic acids is 1. The van der Waals surface area contributed by atoms with Crippen LogP contribution in [0.5, 0.6) is 0 Å². The van der Waals surface area contributed by atoms with E-state index in [1.54, 1.807) is 0 Å². The Bertz CT molecular complexity index is 920. The fraction of sp³-hybridized carbons (Fsp3) is 0.500. The van der Waals surface area contributed by atoms with E-state index in [1.165, 1.54) is 0 Å². The molecule has 0 unspecified atom stereocenters. The van der Waals surface area contributed by atoms with Gasteiger partial charge in [-0.15, -0.1) is 0 Å². The van der Waals surface area contributed by atoms with Gasteiger partial charge < -0.3 is 25.7 Å². The number of anilines is 1. The number of carboxylic acid groups (broad SMARTS) is 1. The molecule has 2 fully saturated rings. The number of fused-ring (bicyclic) bond motifs is 1. The van der Waals surface area contributed by atoms with Gasteiger partial charge in [-0.3, -0.25) is 4.79 Å². The Morgan fingerprint density at radius 3 is 2.30 bits per heavy atom. The molecule has 30 heavy (non-hydrogen) atoms. The molecule has 1 saturated heterocycles. The van der Waals surface area contributed by atoms with Crippen molar-refractivity contribution in [2.24, 2.45) is 11.8 Å². The van der Waals surface area contributed by atoms with E-state index >= 15 is 0 Å². The van der Waals surface area contributed by atoms with Gasteiger partial charge in [-0.25, -0.2) is 9.78 Å². The van der Waals surface area contributed by atoms with E-state index in [-0.39, 0.29) is 12.0 Å². The summed E-state index contributed by atoms with van der Waals surface area (Å²) >= 11 is 0. The van der Waals surface area contributed by atoms with Crippen LogP contribution in [0.2, 0.25) is 0 Å². The lowest BCUT2D eigenvalue weighted by Gasteiger charge is -2.37. The van der Waals surface area contributed by atoms with Gasteiger partial charge in [-0.1, -0.05) is 18.2 Å². The third kappa shape index (κ3) is 4.64. The van der Waals surface area contributed by atoms with Crippen molar-refractivity contribution in [3.63, 3.8) is 0 Å². The number of nitrogens with one attached hydrogen (secondary N) is 2. The fourth-order valence-corrected chi connectivity index (χ4v) is 4.36. The number of aliphatic hydroxyl groups is 1. The van der Waals surface area contributed by atoms with Gasteiger partial charge >= 0.3 is 6.09 Å². The highest BCUT2D eigenvalue weighted by Crippen LogP contribution is 2.29. The summed E-state index contributed by atoms with van der Waals surface area (Å²) in [6.07, 6.45) is 2.61. The van der Waals surface area contributed by atoms with Crippen LogP contribution in [0, 0.1) is 11.8 Å². The average molecular weight is 412 g/mol. The molecule has 1 aromatic carbocycles. The van der Waals surface area contributed by atoms with Crippen molar-refractivity contribution < 1.29 is 19.8 Å². The molecule has 4 rings (SSSR count). The summed E-state index contributed by atoms with van der Waals surface area (Å²) in [5, 5.41) is 24.7. The van der Waals surface area contributed by atoms with E-state index in [0.717, 1.165) is 42.4 Å². The van der Waals surface area contributed by atoms with Crippen LogP contribution in [0.15, 0.2) is 30.3 Å². The molecule has 1 aliphatic heterocycles. The lowest BCUT2D eigenvalue weighted by Crippen LogP contribution is -2.51. The van der Waals surface area contributed by atoms with Gasteiger partial charge in [-0.05, 0) is 49.7 Å². The van der Waals surface area contributed by atoms with Crippen LogP contribution in [0.3, 0.4) is 0 Å². The summed E-state index contributed by atoms with van der Waals surface area (Å²) < 4.78 is 0. The zero-order valence-corrected chi connectivity index (χ0v) is 16.9. The average Bonchev–Trinajstić information content (AvgIpc) is 2.73. The number of aliphatic hydroxyl groups excluding tert-OH is 1. The number of hydrogen-bond donors (Lipinski definition) is 4. The second kappa shape index (κ2) is 8.87. The standard InChI is InChI=1S/C22H28N4O4/c27-16-12-26(13-16)20-9-18(17-3-1-2-4-19(17)25-20)21(28)23-10-14-5-7-15(8-6-14)11-24-22(29)30/h1-4,9,14-16,24,27H,5-8,10-13H2,(H,23,28)(H,29,30). The zero-order valence-electron chi connectivity index (χ0n) is 16.9. The topological polar surface area (TPSA) is 115 Å². The van der Waals surface area contributed by atoms with Gasteiger partial charge in [0.25, 0.3) is 5.91 Å². The first kappa shape index (κ1) is 20.4. The number of rotatable bonds is 6. The second-order valence-corrected chi connectivity index (χ2v) is 8.39. The van der Waals surface area contributed by atoms with E-state index in [9.17, 15) is 14.7 Å². The first-order valence-corrected chi connectivity index (χ1v) is 10.6.